The third-order valence-electron chi connectivity index (χ3n) is 5.56. The molecule has 1 fully saturated rings. The van der Waals surface area contributed by atoms with E-state index in [1.807, 2.05) is 4.90 Å². The van der Waals surface area contributed by atoms with E-state index in [9.17, 15) is 9.18 Å². The molecule has 4 rings (SSSR count). The van der Waals surface area contributed by atoms with Crippen LogP contribution < -0.4 is 4.90 Å². The van der Waals surface area contributed by atoms with Gasteiger partial charge in [0.15, 0.2) is 0 Å². The van der Waals surface area contributed by atoms with Gasteiger partial charge in [-0.3, -0.25) is 9.20 Å². The minimum atomic E-state index is -0.287. The van der Waals surface area contributed by atoms with E-state index in [1.54, 1.807) is 12.1 Å². The minimum absolute atomic E-state index is 0.0707. The van der Waals surface area contributed by atoms with Gasteiger partial charge in [0.25, 0.3) is 5.78 Å². The van der Waals surface area contributed by atoms with Crippen molar-refractivity contribution < 1.29 is 9.18 Å². The Bertz CT molecular complexity index is 1020. The van der Waals surface area contributed by atoms with Crippen molar-refractivity contribution in [2.75, 3.05) is 31.1 Å². The van der Waals surface area contributed by atoms with Crippen LogP contribution in [0.1, 0.15) is 37.4 Å². The van der Waals surface area contributed by atoms with E-state index < -0.39 is 0 Å². The Kier molecular flexibility index (Phi) is 5.92. The van der Waals surface area contributed by atoms with E-state index >= 15 is 0 Å². The number of piperazine rings is 1. The largest absolute Gasteiger partial charge is 0.353 e. The number of benzene rings is 1. The van der Waals surface area contributed by atoms with Gasteiger partial charge in [-0.2, -0.15) is 4.98 Å². The van der Waals surface area contributed by atoms with Gasteiger partial charge in [-0.15, -0.1) is 10.2 Å². The van der Waals surface area contributed by atoms with Gasteiger partial charge in [-0.25, -0.2) is 4.39 Å². The summed E-state index contributed by atoms with van der Waals surface area (Å²) in [7, 11) is 0. The monoisotopic (exact) mass is 410 g/mol. The smallest absolute Gasteiger partial charge is 0.257 e. The minimum Gasteiger partial charge on any atom is -0.353 e. The first-order valence-electron chi connectivity index (χ1n) is 10.6. The van der Waals surface area contributed by atoms with E-state index in [4.69, 9.17) is 4.98 Å². The second-order valence-electron chi connectivity index (χ2n) is 7.63. The lowest BCUT2D eigenvalue weighted by molar-refractivity contribution is -0.130. The molecule has 3 aromatic rings. The van der Waals surface area contributed by atoms with Crippen LogP contribution in [-0.4, -0.2) is 56.6 Å². The molecule has 0 spiro atoms. The third kappa shape index (κ3) is 4.13. The molecule has 2 aromatic heterocycles. The SMILES string of the molecule is CCCc1cc(N2CCN(C(=O)Cc3ccc(F)cc3)CC2)nc2nnc(CC)n12. The molecule has 30 heavy (non-hydrogen) atoms. The molecular weight excluding hydrogens is 383 g/mol. The van der Waals surface area contributed by atoms with Crippen LogP contribution in [0.5, 0.6) is 0 Å². The van der Waals surface area contributed by atoms with Crippen molar-refractivity contribution >= 4 is 17.5 Å². The Morgan fingerprint density at radius 1 is 1.07 bits per heavy atom. The number of hydrogen-bond acceptors (Lipinski definition) is 5. The number of nitrogens with zero attached hydrogens (tertiary/aromatic N) is 6. The van der Waals surface area contributed by atoms with Crippen LogP contribution in [-0.2, 0) is 24.1 Å². The summed E-state index contributed by atoms with van der Waals surface area (Å²) in [5, 5.41) is 8.55. The van der Waals surface area contributed by atoms with Crippen molar-refractivity contribution in [1.29, 1.82) is 0 Å². The molecule has 1 aromatic carbocycles. The zero-order chi connectivity index (χ0) is 21.1. The Balaban J connectivity index is 1.45. The van der Waals surface area contributed by atoms with Gasteiger partial charge in [0.05, 0.1) is 6.42 Å². The van der Waals surface area contributed by atoms with E-state index in [2.05, 4.69) is 39.4 Å². The summed E-state index contributed by atoms with van der Waals surface area (Å²) >= 11 is 0. The Morgan fingerprint density at radius 2 is 1.80 bits per heavy atom. The molecule has 1 aliphatic heterocycles. The summed E-state index contributed by atoms with van der Waals surface area (Å²) in [4.78, 5) is 21.4. The van der Waals surface area contributed by atoms with Crippen molar-refractivity contribution in [2.24, 2.45) is 0 Å². The predicted octanol–water partition coefficient (Wildman–Crippen LogP) is 2.67. The lowest BCUT2D eigenvalue weighted by atomic mass is 10.1. The molecule has 1 saturated heterocycles. The first kappa shape index (κ1) is 20.3. The normalized spacial score (nSPS) is 14.5. The Morgan fingerprint density at radius 3 is 2.47 bits per heavy atom. The average molecular weight is 410 g/mol. The second kappa shape index (κ2) is 8.77. The van der Waals surface area contributed by atoms with Gasteiger partial charge in [0.1, 0.15) is 17.5 Å². The molecular formula is C22H27FN6O. The van der Waals surface area contributed by atoms with E-state index in [1.165, 1.54) is 17.8 Å². The van der Waals surface area contributed by atoms with Gasteiger partial charge >= 0.3 is 0 Å². The number of carbonyl (C=O) groups excluding carboxylic acids is 1. The maximum absolute atomic E-state index is 13.1. The molecule has 0 unspecified atom stereocenters. The van der Waals surface area contributed by atoms with Gasteiger partial charge < -0.3 is 9.80 Å². The molecule has 0 N–H and O–H groups in total. The molecule has 0 bridgehead atoms. The third-order valence-corrected chi connectivity index (χ3v) is 5.56. The molecule has 0 aliphatic carbocycles. The fourth-order valence-electron chi connectivity index (χ4n) is 3.93. The molecule has 7 nitrogen and oxygen atoms in total. The first-order chi connectivity index (χ1) is 14.6. The number of hydrogen-bond donors (Lipinski definition) is 0. The fraction of sp³-hybridized carbons (Fsp3) is 0.455. The zero-order valence-electron chi connectivity index (χ0n) is 17.5. The number of halogens is 1. The number of rotatable bonds is 6. The highest BCUT2D eigenvalue weighted by Crippen LogP contribution is 2.20. The highest BCUT2D eigenvalue weighted by Gasteiger charge is 2.23. The summed E-state index contributed by atoms with van der Waals surface area (Å²) < 4.78 is 15.1. The summed E-state index contributed by atoms with van der Waals surface area (Å²) in [5.41, 5.74) is 2.01. The van der Waals surface area contributed by atoms with Crippen LogP contribution in [0.3, 0.4) is 0 Å². The van der Waals surface area contributed by atoms with Gasteiger partial charge in [0, 0.05) is 44.4 Å². The van der Waals surface area contributed by atoms with Crippen LogP contribution >= 0.6 is 0 Å². The van der Waals surface area contributed by atoms with Crippen LogP contribution in [0.4, 0.5) is 10.2 Å². The Labute approximate surface area is 175 Å². The fourth-order valence-corrected chi connectivity index (χ4v) is 3.93. The summed E-state index contributed by atoms with van der Waals surface area (Å²) in [6, 6.07) is 8.26. The van der Waals surface area contributed by atoms with Crippen molar-refractivity contribution in [3.63, 3.8) is 0 Å². The van der Waals surface area contributed by atoms with Gasteiger partial charge in [-0.05, 0) is 24.1 Å². The van der Waals surface area contributed by atoms with E-state index in [-0.39, 0.29) is 11.7 Å². The lowest BCUT2D eigenvalue weighted by Gasteiger charge is -2.35. The number of aromatic nitrogens is 4. The number of fused-ring (bicyclic) bond motifs is 1. The lowest BCUT2D eigenvalue weighted by Crippen LogP contribution is -2.49. The standard InChI is InChI=1S/C22H27FN6O/c1-3-5-18-15-20(24-22-26-25-19(4-2)29(18)22)27-10-12-28(13-11-27)21(30)14-16-6-8-17(23)9-7-16/h6-9,15H,3-5,10-14H2,1-2H3. The van der Waals surface area contributed by atoms with Crippen LogP contribution in [0.2, 0.25) is 0 Å². The average Bonchev–Trinajstić information content (AvgIpc) is 3.19. The number of anilines is 1. The molecule has 1 amide bonds. The van der Waals surface area contributed by atoms with E-state index in [0.29, 0.717) is 25.3 Å². The summed E-state index contributed by atoms with van der Waals surface area (Å²) in [6.07, 6.45) is 3.08. The first-order valence-corrected chi connectivity index (χ1v) is 10.6. The summed E-state index contributed by atoms with van der Waals surface area (Å²) in [6.45, 7) is 6.96. The van der Waals surface area contributed by atoms with Crippen molar-refractivity contribution in [3.8, 4) is 0 Å². The molecule has 158 valence electrons. The summed E-state index contributed by atoms with van der Waals surface area (Å²) in [5.74, 6) is 2.25. The van der Waals surface area contributed by atoms with Crippen molar-refractivity contribution in [2.45, 2.75) is 39.5 Å². The number of aryl methyl sites for hydroxylation is 2. The molecule has 3 heterocycles. The molecule has 8 heteroatoms. The zero-order valence-corrected chi connectivity index (χ0v) is 17.5. The van der Waals surface area contributed by atoms with Crippen LogP contribution in [0.25, 0.3) is 5.78 Å². The molecule has 0 radical (unpaired) electrons. The number of amides is 1. The maximum Gasteiger partial charge on any atom is 0.257 e. The predicted molar refractivity (Wildman–Crippen MR) is 113 cm³/mol. The Hall–Kier alpha value is -3.03. The van der Waals surface area contributed by atoms with Crippen LogP contribution in [0, 0.1) is 5.82 Å². The molecule has 1 aliphatic rings. The molecule has 0 saturated carbocycles. The highest BCUT2D eigenvalue weighted by atomic mass is 19.1. The maximum atomic E-state index is 13.1. The van der Waals surface area contributed by atoms with Crippen molar-refractivity contribution in [1.82, 2.24) is 24.5 Å². The van der Waals surface area contributed by atoms with Gasteiger partial charge in [-0.1, -0.05) is 32.4 Å². The topological polar surface area (TPSA) is 66.6 Å². The van der Waals surface area contributed by atoms with Gasteiger partial charge in [0.2, 0.25) is 5.91 Å². The van der Waals surface area contributed by atoms with Crippen LogP contribution in [0.15, 0.2) is 30.3 Å². The second-order valence-corrected chi connectivity index (χ2v) is 7.63. The quantitative estimate of drug-likeness (QED) is 0.625. The van der Waals surface area contributed by atoms with E-state index in [0.717, 1.165) is 49.6 Å². The molecule has 0 atom stereocenters. The number of carbonyl (C=O) groups is 1. The highest BCUT2D eigenvalue weighted by molar-refractivity contribution is 5.79. The van der Waals surface area contributed by atoms with Crippen molar-refractivity contribution in [3.05, 3.63) is 53.2 Å².